The average molecular weight is 266 g/mol. The zero-order valence-electron chi connectivity index (χ0n) is 12.1. The monoisotopic (exact) mass is 266 g/mol. The zero-order chi connectivity index (χ0) is 13.4. The molecule has 18 heavy (non-hydrogen) atoms. The van der Waals surface area contributed by atoms with Gasteiger partial charge in [0, 0.05) is 25.3 Å². The Morgan fingerprint density at radius 2 is 2.06 bits per heavy atom. The minimum Gasteiger partial charge on any atom is -0.372 e. The second-order valence-corrected chi connectivity index (χ2v) is 5.64. The standard InChI is InChI=1S/C15H26N2S/c1-5-16-12-14-8-6-7-9-15(14)17(3)13(2)10-11-18-4/h6-9,13,16H,5,10-12H2,1-4H3. The maximum Gasteiger partial charge on any atom is 0.0411 e. The summed E-state index contributed by atoms with van der Waals surface area (Å²) in [6, 6.07) is 9.28. The van der Waals surface area contributed by atoms with Crippen LogP contribution in [-0.2, 0) is 6.54 Å². The molecule has 1 atom stereocenters. The quantitative estimate of drug-likeness (QED) is 0.776. The average Bonchev–Trinajstić information content (AvgIpc) is 2.42. The van der Waals surface area contributed by atoms with E-state index < -0.39 is 0 Å². The molecule has 1 rings (SSSR count). The maximum absolute atomic E-state index is 3.41. The number of thioether (sulfide) groups is 1. The number of rotatable bonds is 8. The highest BCUT2D eigenvalue weighted by Crippen LogP contribution is 2.22. The highest BCUT2D eigenvalue weighted by molar-refractivity contribution is 7.98. The Kier molecular flexibility index (Phi) is 7.21. The Morgan fingerprint density at radius 3 is 2.72 bits per heavy atom. The van der Waals surface area contributed by atoms with Gasteiger partial charge in [-0.2, -0.15) is 11.8 Å². The van der Waals surface area contributed by atoms with E-state index in [-0.39, 0.29) is 0 Å². The van der Waals surface area contributed by atoms with Gasteiger partial charge in [0.15, 0.2) is 0 Å². The molecule has 0 saturated carbocycles. The molecule has 1 aromatic carbocycles. The highest BCUT2D eigenvalue weighted by Gasteiger charge is 2.12. The summed E-state index contributed by atoms with van der Waals surface area (Å²) >= 11 is 1.92. The molecule has 0 bridgehead atoms. The largest absolute Gasteiger partial charge is 0.372 e. The molecule has 0 aliphatic carbocycles. The summed E-state index contributed by atoms with van der Waals surface area (Å²) in [5.41, 5.74) is 2.74. The topological polar surface area (TPSA) is 15.3 Å². The lowest BCUT2D eigenvalue weighted by atomic mass is 10.1. The third kappa shape index (κ3) is 4.54. The van der Waals surface area contributed by atoms with Crippen LogP contribution in [0, 0.1) is 0 Å². The second-order valence-electron chi connectivity index (χ2n) is 4.65. The molecular formula is C15H26N2S. The van der Waals surface area contributed by atoms with Crippen molar-refractivity contribution in [1.29, 1.82) is 0 Å². The smallest absolute Gasteiger partial charge is 0.0411 e. The van der Waals surface area contributed by atoms with E-state index >= 15 is 0 Å². The van der Waals surface area contributed by atoms with Gasteiger partial charge in [-0.25, -0.2) is 0 Å². The van der Waals surface area contributed by atoms with E-state index in [0.29, 0.717) is 6.04 Å². The molecule has 0 heterocycles. The van der Waals surface area contributed by atoms with Crippen LogP contribution in [0.5, 0.6) is 0 Å². The number of anilines is 1. The van der Waals surface area contributed by atoms with Crippen molar-refractivity contribution < 1.29 is 0 Å². The Morgan fingerprint density at radius 1 is 1.33 bits per heavy atom. The first-order valence-electron chi connectivity index (χ1n) is 6.71. The van der Waals surface area contributed by atoms with Gasteiger partial charge in [0.25, 0.3) is 0 Å². The van der Waals surface area contributed by atoms with Gasteiger partial charge in [-0.15, -0.1) is 0 Å². The molecule has 1 N–H and O–H groups in total. The second kappa shape index (κ2) is 8.44. The van der Waals surface area contributed by atoms with Gasteiger partial charge in [0.05, 0.1) is 0 Å². The van der Waals surface area contributed by atoms with Crippen molar-refractivity contribution in [2.24, 2.45) is 0 Å². The number of para-hydroxylation sites is 1. The van der Waals surface area contributed by atoms with Gasteiger partial charge in [-0.3, -0.25) is 0 Å². The summed E-state index contributed by atoms with van der Waals surface area (Å²) in [6.45, 7) is 6.42. The Balaban J connectivity index is 2.73. The molecule has 0 aromatic heterocycles. The minimum atomic E-state index is 0.584. The summed E-state index contributed by atoms with van der Waals surface area (Å²) in [4.78, 5) is 2.41. The van der Waals surface area contributed by atoms with E-state index in [1.54, 1.807) is 0 Å². The summed E-state index contributed by atoms with van der Waals surface area (Å²) in [5, 5.41) is 3.41. The number of hydrogen-bond acceptors (Lipinski definition) is 3. The van der Waals surface area contributed by atoms with Gasteiger partial charge >= 0.3 is 0 Å². The lowest BCUT2D eigenvalue weighted by molar-refractivity contribution is 0.660. The first kappa shape index (κ1) is 15.4. The Hall–Kier alpha value is -0.670. The Bertz CT molecular complexity index is 341. The molecule has 1 aromatic rings. The van der Waals surface area contributed by atoms with E-state index in [2.05, 4.69) is 61.6 Å². The van der Waals surface area contributed by atoms with Crippen LogP contribution in [0.4, 0.5) is 5.69 Å². The van der Waals surface area contributed by atoms with E-state index in [0.717, 1.165) is 13.1 Å². The van der Waals surface area contributed by atoms with Gasteiger partial charge < -0.3 is 10.2 Å². The van der Waals surface area contributed by atoms with E-state index in [4.69, 9.17) is 0 Å². The molecule has 2 nitrogen and oxygen atoms in total. The van der Waals surface area contributed by atoms with Crippen LogP contribution in [0.25, 0.3) is 0 Å². The first-order chi connectivity index (χ1) is 8.70. The fourth-order valence-corrected chi connectivity index (χ4v) is 2.56. The summed E-state index contributed by atoms with van der Waals surface area (Å²) in [7, 11) is 2.20. The van der Waals surface area contributed by atoms with Gasteiger partial charge in [-0.1, -0.05) is 25.1 Å². The van der Waals surface area contributed by atoms with E-state index in [1.807, 2.05) is 11.8 Å². The zero-order valence-corrected chi connectivity index (χ0v) is 12.9. The lowest BCUT2D eigenvalue weighted by Gasteiger charge is -2.29. The molecular weight excluding hydrogens is 240 g/mol. The van der Waals surface area contributed by atoms with Crippen LogP contribution in [0.3, 0.4) is 0 Å². The maximum atomic E-state index is 3.41. The van der Waals surface area contributed by atoms with Crippen LogP contribution < -0.4 is 10.2 Å². The van der Waals surface area contributed by atoms with Crippen LogP contribution in [0.2, 0.25) is 0 Å². The van der Waals surface area contributed by atoms with Crippen LogP contribution in [0.1, 0.15) is 25.8 Å². The van der Waals surface area contributed by atoms with Crippen molar-refractivity contribution in [2.75, 3.05) is 30.5 Å². The Labute approximate surface area is 116 Å². The van der Waals surface area contributed by atoms with E-state index in [9.17, 15) is 0 Å². The first-order valence-corrected chi connectivity index (χ1v) is 8.10. The molecule has 0 radical (unpaired) electrons. The molecule has 0 amide bonds. The summed E-state index contributed by atoms with van der Waals surface area (Å²) in [5.74, 6) is 1.22. The molecule has 0 aliphatic rings. The molecule has 0 aliphatic heterocycles. The van der Waals surface area contributed by atoms with Crippen molar-refractivity contribution >= 4 is 17.4 Å². The van der Waals surface area contributed by atoms with Crippen molar-refractivity contribution in [3.8, 4) is 0 Å². The van der Waals surface area contributed by atoms with Gasteiger partial charge in [0.1, 0.15) is 0 Å². The van der Waals surface area contributed by atoms with Crippen LogP contribution >= 0.6 is 11.8 Å². The predicted octanol–water partition coefficient (Wildman–Crippen LogP) is 3.37. The fraction of sp³-hybridized carbons (Fsp3) is 0.600. The molecule has 3 heteroatoms. The third-order valence-electron chi connectivity index (χ3n) is 3.34. The van der Waals surface area contributed by atoms with Gasteiger partial charge in [-0.05, 0) is 43.5 Å². The van der Waals surface area contributed by atoms with Crippen molar-refractivity contribution in [3.05, 3.63) is 29.8 Å². The normalized spacial score (nSPS) is 12.4. The summed E-state index contributed by atoms with van der Waals surface area (Å²) in [6.07, 6.45) is 3.40. The fourth-order valence-electron chi connectivity index (χ4n) is 1.98. The highest BCUT2D eigenvalue weighted by atomic mass is 32.2. The summed E-state index contributed by atoms with van der Waals surface area (Å²) < 4.78 is 0. The molecule has 0 saturated heterocycles. The number of nitrogens with one attached hydrogen (secondary N) is 1. The molecule has 102 valence electrons. The lowest BCUT2D eigenvalue weighted by Crippen LogP contribution is -2.30. The molecule has 0 fully saturated rings. The number of hydrogen-bond donors (Lipinski definition) is 1. The van der Waals surface area contributed by atoms with Crippen molar-refractivity contribution in [2.45, 2.75) is 32.9 Å². The minimum absolute atomic E-state index is 0.584. The third-order valence-corrected chi connectivity index (χ3v) is 3.98. The van der Waals surface area contributed by atoms with Crippen LogP contribution in [0.15, 0.2) is 24.3 Å². The SMILES string of the molecule is CCNCc1ccccc1N(C)C(C)CCSC. The van der Waals surface area contributed by atoms with Crippen molar-refractivity contribution in [3.63, 3.8) is 0 Å². The molecule has 1 unspecified atom stereocenters. The predicted molar refractivity (Wildman–Crippen MR) is 84.7 cm³/mol. The number of nitrogens with zero attached hydrogens (tertiary/aromatic N) is 1. The van der Waals surface area contributed by atoms with Crippen LogP contribution in [-0.4, -0.2) is 31.6 Å². The van der Waals surface area contributed by atoms with Crippen molar-refractivity contribution in [1.82, 2.24) is 5.32 Å². The van der Waals surface area contributed by atoms with E-state index in [1.165, 1.54) is 23.4 Å². The number of benzene rings is 1. The molecule has 0 spiro atoms. The van der Waals surface area contributed by atoms with Gasteiger partial charge in [0.2, 0.25) is 0 Å².